The van der Waals surface area contributed by atoms with Gasteiger partial charge in [-0.15, -0.1) is 0 Å². The van der Waals surface area contributed by atoms with Gasteiger partial charge in [-0.2, -0.15) is 0 Å². The van der Waals surface area contributed by atoms with Crippen LogP contribution in [-0.2, 0) is 13.0 Å². The lowest BCUT2D eigenvalue weighted by Crippen LogP contribution is -2.20. The Morgan fingerprint density at radius 2 is 2.21 bits per heavy atom. The van der Waals surface area contributed by atoms with Crippen molar-refractivity contribution in [2.45, 2.75) is 39.3 Å². The summed E-state index contributed by atoms with van der Waals surface area (Å²) in [6.07, 6.45) is 3.71. The minimum absolute atomic E-state index is 0.314. The molecule has 1 aromatic heterocycles. The zero-order valence-electron chi connectivity index (χ0n) is 11.3. The first-order chi connectivity index (χ1) is 9.22. The van der Waals surface area contributed by atoms with E-state index in [1.165, 1.54) is 5.56 Å². The zero-order chi connectivity index (χ0) is 13.7. The fourth-order valence-electron chi connectivity index (χ4n) is 2.02. The highest BCUT2D eigenvalue weighted by Gasteiger charge is 2.10. The molecule has 0 aliphatic heterocycles. The lowest BCUT2D eigenvalue weighted by Gasteiger charge is -2.16. The van der Waals surface area contributed by atoms with Crippen molar-refractivity contribution in [1.82, 2.24) is 10.3 Å². The molecule has 0 spiro atoms. The molecule has 19 heavy (non-hydrogen) atoms. The van der Waals surface area contributed by atoms with Gasteiger partial charge in [0.25, 0.3) is 0 Å². The molecule has 0 aliphatic rings. The zero-order valence-corrected chi connectivity index (χ0v) is 12.9. The number of nitrogens with one attached hydrogen (secondary N) is 1. The lowest BCUT2D eigenvalue weighted by molar-refractivity contribution is 0.413. The number of hydrogen-bond donors (Lipinski definition) is 1. The first-order valence-corrected chi connectivity index (χ1v) is 7.44. The number of aromatic nitrogens is 1. The maximum Gasteiger partial charge on any atom is 0.208 e. The van der Waals surface area contributed by atoms with Crippen molar-refractivity contribution in [2.75, 3.05) is 0 Å². The average Bonchev–Trinajstić information content (AvgIpc) is 2.87. The van der Waals surface area contributed by atoms with Crippen LogP contribution in [-0.4, -0.2) is 4.98 Å². The van der Waals surface area contributed by atoms with Crippen molar-refractivity contribution in [3.63, 3.8) is 0 Å². The van der Waals surface area contributed by atoms with Gasteiger partial charge in [0.1, 0.15) is 5.76 Å². The molecule has 0 radical (unpaired) electrons. The molecule has 2 rings (SSSR count). The fraction of sp³-hybridized carbons (Fsp3) is 0.400. The van der Waals surface area contributed by atoms with Crippen molar-refractivity contribution in [3.8, 4) is 0 Å². The van der Waals surface area contributed by atoms with E-state index < -0.39 is 0 Å². The third-order valence-corrected chi connectivity index (χ3v) is 3.60. The molecule has 102 valence electrons. The molecule has 0 saturated carbocycles. The van der Waals surface area contributed by atoms with Gasteiger partial charge < -0.3 is 9.73 Å². The standard InChI is InChI=1S/C15H19BrN2O/c1-3-13-9-18-15(19-13)10-17-14(4-2)11-6-5-7-12(16)8-11/h5-9,14,17H,3-4,10H2,1-2H3. The normalized spacial score (nSPS) is 12.6. The summed E-state index contributed by atoms with van der Waals surface area (Å²) in [4.78, 5) is 4.27. The summed E-state index contributed by atoms with van der Waals surface area (Å²) in [7, 11) is 0. The summed E-state index contributed by atoms with van der Waals surface area (Å²) in [6.45, 7) is 4.89. The van der Waals surface area contributed by atoms with Crippen molar-refractivity contribution >= 4 is 15.9 Å². The minimum Gasteiger partial charge on any atom is -0.444 e. The summed E-state index contributed by atoms with van der Waals surface area (Å²) < 4.78 is 6.71. The van der Waals surface area contributed by atoms with Gasteiger partial charge >= 0.3 is 0 Å². The van der Waals surface area contributed by atoms with E-state index in [-0.39, 0.29) is 0 Å². The van der Waals surface area contributed by atoms with E-state index in [1.54, 1.807) is 6.20 Å². The van der Waals surface area contributed by atoms with Crippen molar-refractivity contribution in [2.24, 2.45) is 0 Å². The largest absolute Gasteiger partial charge is 0.444 e. The highest BCUT2D eigenvalue weighted by Crippen LogP contribution is 2.21. The molecular formula is C15H19BrN2O. The molecule has 0 amide bonds. The topological polar surface area (TPSA) is 38.1 Å². The highest BCUT2D eigenvalue weighted by molar-refractivity contribution is 9.10. The number of rotatable bonds is 6. The van der Waals surface area contributed by atoms with Gasteiger partial charge in [-0.25, -0.2) is 4.98 Å². The van der Waals surface area contributed by atoms with Crippen LogP contribution < -0.4 is 5.32 Å². The van der Waals surface area contributed by atoms with Gasteiger partial charge in [0.15, 0.2) is 0 Å². The number of benzene rings is 1. The predicted molar refractivity (Wildman–Crippen MR) is 79.9 cm³/mol. The number of aryl methyl sites for hydroxylation is 1. The maximum absolute atomic E-state index is 5.60. The number of halogens is 1. The lowest BCUT2D eigenvalue weighted by atomic mass is 10.0. The van der Waals surface area contributed by atoms with Crippen LogP contribution in [0.3, 0.4) is 0 Å². The smallest absolute Gasteiger partial charge is 0.208 e. The van der Waals surface area contributed by atoms with E-state index in [4.69, 9.17) is 4.42 Å². The van der Waals surface area contributed by atoms with Crippen molar-refractivity contribution < 1.29 is 4.42 Å². The van der Waals surface area contributed by atoms with Crippen molar-refractivity contribution in [3.05, 3.63) is 52.1 Å². The number of nitrogens with zero attached hydrogens (tertiary/aromatic N) is 1. The molecule has 0 saturated heterocycles. The SMILES string of the molecule is CCc1cnc(CNC(CC)c2cccc(Br)c2)o1. The Morgan fingerprint density at radius 1 is 1.37 bits per heavy atom. The predicted octanol–water partition coefficient (Wildman–Crippen LogP) is 4.24. The van der Waals surface area contributed by atoms with Crippen LogP contribution in [0.4, 0.5) is 0 Å². The summed E-state index contributed by atoms with van der Waals surface area (Å²) in [5, 5.41) is 3.49. The van der Waals surface area contributed by atoms with Gasteiger partial charge in [-0.05, 0) is 24.1 Å². The van der Waals surface area contributed by atoms with E-state index in [2.05, 4.69) is 58.3 Å². The molecule has 1 atom stereocenters. The van der Waals surface area contributed by atoms with E-state index in [9.17, 15) is 0 Å². The molecule has 1 N–H and O–H groups in total. The Bertz CT molecular complexity index is 524. The number of oxazole rings is 1. The molecule has 2 aromatic rings. The van der Waals surface area contributed by atoms with Crippen LogP contribution in [0.2, 0.25) is 0 Å². The Morgan fingerprint density at radius 3 is 2.84 bits per heavy atom. The van der Waals surface area contributed by atoms with Crippen LogP contribution in [0, 0.1) is 0 Å². The van der Waals surface area contributed by atoms with Crippen molar-refractivity contribution in [1.29, 1.82) is 0 Å². The second-order valence-corrected chi connectivity index (χ2v) is 5.39. The van der Waals surface area contributed by atoms with E-state index in [0.29, 0.717) is 12.6 Å². The molecular weight excluding hydrogens is 304 g/mol. The van der Waals surface area contributed by atoms with Crippen LogP contribution in [0.15, 0.2) is 39.4 Å². The second-order valence-electron chi connectivity index (χ2n) is 4.47. The Hall–Kier alpha value is -1.13. The molecule has 3 nitrogen and oxygen atoms in total. The average molecular weight is 323 g/mol. The second kappa shape index (κ2) is 6.87. The quantitative estimate of drug-likeness (QED) is 0.864. The molecule has 1 unspecified atom stereocenters. The van der Waals surface area contributed by atoms with Gasteiger partial charge in [0.05, 0.1) is 12.7 Å². The van der Waals surface area contributed by atoms with Gasteiger partial charge in [-0.3, -0.25) is 0 Å². The Kier molecular flexibility index (Phi) is 5.16. The van der Waals surface area contributed by atoms with Crippen LogP contribution in [0.25, 0.3) is 0 Å². The summed E-state index contributed by atoms with van der Waals surface area (Å²) in [6, 6.07) is 8.70. The van der Waals surface area contributed by atoms with Crippen LogP contribution in [0.5, 0.6) is 0 Å². The highest BCUT2D eigenvalue weighted by atomic mass is 79.9. The molecule has 1 aromatic carbocycles. The van der Waals surface area contributed by atoms with Gasteiger partial charge in [0, 0.05) is 16.9 Å². The summed E-state index contributed by atoms with van der Waals surface area (Å²) >= 11 is 3.51. The molecule has 0 fully saturated rings. The third-order valence-electron chi connectivity index (χ3n) is 3.11. The van der Waals surface area contributed by atoms with Crippen LogP contribution >= 0.6 is 15.9 Å². The van der Waals surface area contributed by atoms with Gasteiger partial charge in [0.2, 0.25) is 5.89 Å². The minimum atomic E-state index is 0.314. The number of hydrogen-bond acceptors (Lipinski definition) is 3. The fourth-order valence-corrected chi connectivity index (χ4v) is 2.44. The third kappa shape index (κ3) is 3.91. The molecule has 1 heterocycles. The van der Waals surface area contributed by atoms with E-state index in [0.717, 1.165) is 29.0 Å². The Balaban J connectivity index is 1.99. The first kappa shape index (κ1) is 14.3. The summed E-state index contributed by atoms with van der Waals surface area (Å²) in [5.74, 6) is 1.69. The first-order valence-electron chi connectivity index (χ1n) is 6.65. The van der Waals surface area contributed by atoms with E-state index in [1.807, 2.05) is 6.07 Å². The molecule has 0 bridgehead atoms. The maximum atomic E-state index is 5.60. The van der Waals surface area contributed by atoms with E-state index >= 15 is 0 Å². The summed E-state index contributed by atoms with van der Waals surface area (Å²) in [5.41, 5.74) is 1.28. The van der Waals surface area contributed by atoms with Gasteiger partial charge in [-0.1, -0.05) is 41.9 Å². The molecule has 0 aliphatic carbocycles. The van der Waals surface area contributed by atoms with Crippen LogP contribution in [0.1, 0.15) is 43.5 Å². The molecule has 4 heteroatoms. The Labute approximate surface area is 122 Å². The monoisotopic (exact) mass is 322 g/mol.